The Labute approximate surface area is 149 Å². The van der Waals surface area contributed by atoms with Crippen LogP contribution < -0.4 is 4.90 Å². The summed E-state index contributed by atoms with van der Waals surface area (Å²) in [6, 6.07) is 6.00. The van der Waals surface area contributed by atoms with Crippen LogP contribution in [0.25, 0.3) is 0 Å². The number of amides is 1. The minimum atomic E-state index is -0.388. The lowest BCUT2D eigenvalue weighted by atomic mass is 9.92. The number of pyridine rings is 1. The molecule has 0 radical (unpaired) electrons. The van der Waals surface area contributed by atoms with Crippen molar-refractivity contribution in [3.05, 3.63) is 23.9 Å². The van der Waals surface area contributed by atoms with Crippen molar-refractivity contribution in [2.45, 2.75) is 37.7 Å². The highest BCUT2D eigenvalue weighted by atomic mass is 16.6. The quantitative estimate of drug-likeness (QED) is 0.842. The van der Waals surface area contributed by atoms with Gasteiger partial charge in [-0.15, -0.1) is 0 Å². The smallest absolute Gasteiger partial charge is 0.416 e. The SMILES string of the molecule is CN1CCC(Cc2cccc(N3CC4(CCOCC4)OC3=O)n2)CC1. The monoisotopic (exact) mass is 345 g/mol. The molecule has 6 heteroatoms. The molecule has 1 amide bonds. The van der Waals surface area contributed by atoms with Crippen LogP contribution in [0.15, 0.2) is 18.2 Å². The van der Waals surface area contributed by atoms with Gasteiger partial charge in [0, 0.05) is 18.5 Å². The largest absolute Gasteiger partial charge is 0.440 e. The van der Waals surface area contributed by atoms with E-state index >= 15 is 0 Å². The van der Waals surface area contributed by atoms with Crippen molar-refractivity contribution in [2.75, 3.05) is 44.8 Å². The molecule has 0 saturated carbocycles. The number of carbonyl (C=O) groups is 1. The molecule has 3 aliphatic heterocycles. The molecule has 6 nitrogen and oxygen atoms in total. The van der Waals surface area contributed by atoms with Crippen LogP contribution in [0.5, 0.6) is 0 Å². The first-order valence-corrected chi connectivity index (χ1v) is 9.36. The lowest BCUT2D eigenvalue weighted by Crippen LogP contribution is -2.40. The molecule has 3 fully saturated rings. The highest BCUT2D eigenvalue weighted by Gasteiger charge is 2.47. The van der Waals surface area contributed by atoms with E-state index in [1.807, 2.05) is 12.1 Å². The maximum absolute atomic E-state index is 12.4. The van der Waals surface area contributed by atoms with Crippen LogP contribution in [0.2, 0.25) is 0 Å². The Morgan fingerprint density at radius 2 is 2.00 bits per heavy atom. The number of likely N-dealkylation sites (tertiary alicyclic amines) is 1. The first kappa shape index (κ1) is 16.8. The Kier molecular flexibility index (Phi) is 4.65. The Bertz CT molecular complexity index is 622. The van der Waals surface area contributed by atoms with Gasteiger partial charge in [-0.3, -0.25) is 4.90 Å². The fourth-order valence-corrected chi connectivity index (χ4v) is 4.10. The van der Waals surface area contributed by atoms with Crippen molar-refractivity contribution in [2.24, 2.45) is 5.92 Å². The Hall–Kier alpha value is -1.66. The van der Waals surface area contributed by atoms with Crippen molar-refractivity contribution in [3.63, 3.8) is 0 Å². The zero-order chi connectivity index (χ0) is 17.3. The molecule has 4 rings (SSSR count). The van der Waals surface area contributed by atoms with Gasteiger partial charge in [0.2, 0.25) is 0 Å². The van der Waals surface area contributed by atoms with Gasteiger partial charge in [0.25, 0.3) is 0 Å². The second-order valence-electron chi connectivity index (χ2n) is 7.69. The Morgan fingerprint density at radius 3 is 2.76 bits per heavy atom. The first-order chi connectivity index (χ1) is 12.1. The molecule has 0 bridgehead atoms. The van der Waals surface area contributed by atoms with E-state index in [0.29, 0.717) is 25.7 Å². The van der Waals surface area contributed by atoms with Crippen molar-refractivity contribution < 1.29 is 14.3 Å². The molecule has 0 N–H and O–H groups in total. The molecule has 0 unspecified atom stereocenters. The van der Waals surface area contributed by atoms with E-state index in [9.17, 15) is 4.79 Å². The molecular weight excluding hydrogens is 318 g/mol. The highest BCUT2D eigenvalue weighted by molar-refractivity contribution is 5.89. The van der Waals surface area contributed by atoms with Crippen LogP contribution in [0, 0.1) is 5.92 Å². The summed E-state index contributed by atoms with van der Waals surface area (Å²) in [5, 5.41) is 0. The fraction of sp³-hybridized carbons (Fsp3) is 0.684. The molecule has 3 saturated heterocycles. The average Bonchev–Trinajstić information content (AvgIpc) is 2.94. The van der Waals surface area contributed by atoms with E-state index < -0.39 is 0 Å². The standard InChI is InChI=1S/C19H27N3O3/c1-21-9-5-15(6-10-21)13-16-3-2-4-17(20-16)22-14-19(25-18(22)23)7-11-24-12-8-19/h2-4,15H,5-14H2,1H3. The third kappa shape index (κ3) is 3.65. The maximum Gasteiger partial charge on any atom is 0.416 e. The second-order valence-corrected chi connectivity index (χ2v) is 7.69. The molecule has 0 aromatic carbocycles. The van der Waals surface area contributed by atoms with Crippen LogP contribution in [0.3, 0.4) is 0 Å². The maximum atomic E-state index is 12.4. The molecule has 0 aliphatic carbocycles. The van der Waals surface area contributed by atoms with Crippen LogP contribution in [0.4, 0.5) is 10.6 Å². The molecule has 1 aromatic rings. The molecular formula is C19H27N3O3. The van der Waals surface area contributed by atoms with Crippen LogP contribution >= 0.6 is 0 Å². The summed E-state index contributed by atoms with van der Waals surface area (Å²) < 4.78 is 11.1. The summed E-state index contributed by atoms with van der Waals surface area (Å²) in [6.45, 7) is 4.22. The van der Waals surface area contributed by atoms with E-state index in [-0.39, 0.29) is 11.7 Å². The molecule has 4 heterocycles. The number of aromatic nitrogens is 1. The van der Waals surface area contributed by atoms with Gasteiger partial charge in [-0.25, -0.2) is 9.78 Å². The molecule has 3 aliphatic rings. The molecule has 1 aromatic heterocycles. The van der Waals surface area contributed by atoms with Crippen molar-refractivity contribution in [3.8, 4) is 0 Å². The van der Waals surface area contributed by atoms with Crippen molar-refractivity contribution in [1.29, 1.82) is 0 Å². The number of rotatable bonds is 3. The lowest BCUT2D eigenvalue weighted by Gasteiger charge is -2.30. The average molecular weight is 345 g/mol. The second kappa shape index (κ2) is 6.92. The van der Waals surface area contributed by atoms with Gasteiger partial charge in [0.1, 0.15) is 11.4 Å². The zero-order valence-corrected chi connectivity index (χ0v) is 14.9. The van der Waals surface area contributed by atoms with E-state index in [2.05, 4.69) is 18.0 Å². The topological polar surface area (TPSA) is 54.9 Å². The fourth-order valence-electron chi connectivity index (χ4n) is 4.10. The molecule has 1 spiro atoms. The van der Waals surface area contributed by atoms with Gasteiger partial charge < -0.3 is 14.4 Å². The summed E-state index contributed by atoms with van der Waals surface area (Å²) in [4.78, 5) is 21.3. The van der Waals surface area contributed by atoms with Crippen LogP contribution in [-0.4, -0.2) is 61.5 Å². The number of carbonyl (C=O) groups excluding carboxylic acids is 1. The number of piperidine rings is 1. The first-order valence-electron chi connectivity index (χ1n) is 9.36. The van der Waals surface area contributed by atoms with Crippen LogP contribution in [0.1, 0.15) is 31.4 Å². The van der Waals surface area contributed by atoms with Gasteiger partial charge in [0.05, 0.1) is 19.8 Å². The Balaban J connectivity index is 1.45. The van der Waals surface area contributed by atoms with Crippen LogP contribution in [-0.2, 0) is 15.9 Å². The highest BCUT2D eigenvalue weighted by Crippen LogP contribution is 2.34. The normalized spacial score (nSPS) is 24.7. The lowest BCUT2D eigenvalue weighted by molar-refractivity contribution is -0.0431. The van der Waals surface area contributed by atoms with E-state index in [1.165, 1.54) is 12.8 Å². The van der Waals surface area contributed by atoms with Crippen molar-refractivity contribution >= 4 is 11.9 Å². The number of anilines is 1. The Morgan fingerprint density at radius 1 is 1.24 bits per heavy atom. The van der Waals surface area contributed by atoms with Crippen molar-refractivity contribution in [1.82, 2.24) is 9.88 Å². The van der Waals surface area contributed by atoms with E-state index in [0.717, 1.165) is 43.9 Å². The third-order valence-electron chi connectivity index (χ3n) is 5.78. The summed E-state index contributed by atoms with van der Waals surface area (Å²) in [6.07, 6.45) is 4.69. The summed E-state index contributed by atoms with van der Waals surface area (Å²) in [5.41, 5.74) is 0.689. The van der Waals surface area contributed by atoms with Gasteiger partial charge in [-0.2, -0.15) is 0 Å². The van der Waals surface area contributed by atoms with E-state index in [1.54, 1.807) is 4.90 Å². The minimum Gasteiger partial charge on any atom is -0.440 e. The number of hydrogen-bond acceptors (Lipinski definition) is 5. The predicted octanol–water partition coefficient (Wildman–Crippen LogP) is 2.47. The number of ether oxygens (including phenoxy) is 2. The predicted molar refractivity (Wildman–Crippen MR) is 94.8 cm³/mol. The van der Waals surface area contributed by atoms with Gasteiger partial charge in [-0.1, -0.05) is 6.07 Å². The van der Waals surface area contributed by atoms with Gasteiger partial charge in [-0.05, 0) is 57.5 Å². The minimum absolute atomic E-state index is 0.272. The zero-order valence-electron chi connectivity index (χ0n) is 14.9. The molecule has 0 atom stereocenters. The summed E-state index contributed by atoms with van der Waals surface area (Å²) >= 11 is 0. The molecule has 136 valence electrons. The summed E-state index contributed by atoms with van der Waals surface area (Å²) in [5.74, 6) is 1.41. The number of hydrogen-bond donors (Lipinski definition) is 0. The van der Waals surface area contributed by atoms with Gasteiger partial charge >= 0.3 is 6.09 Å². The van der Waals surface area contributed by atoms with Gasteiger partial charge in [0.15, 0.2) is 0 Å². The third-order valence-corrected chi connectivity index (χ3v) is 5.78. The van der Waals surface area contributed by atoms with E-state index in [4.69, 9.17) is 14.5 Å². The molecule has 25 heavy (non-hydrogen) atoms. The number of nitrogens with zero attached hydrogens (tertiary/aromatic N) is 3. The summed E-state index contributed by atoms with van der Waals surface area (Å²) in [7, 11) is 2.18.